The minimum Gasteiger partial charge on any atom is -0.497 e. The van der Waals surface area contributed by atoms with Crippen LogP contribution in [0.3, 0.4) is 0 Å². The number of carbonyl (C=O) groups excluding carboxylic acids is 4. The minimum atomic E-state index is -0.972. The number of hydrogen-bond donors (Lipinski definition) is 5. The molecule has 6 aliphatic rings. The van der Waals surface area contributed by atoms with Crippen molar-refractivity contribution < 1.29 is 44.3 Å². The van der Waals surface area contributed by atoms with Crippen molar-refractivity contribution >= 4 is 111 Å². The average Bonchev–Trinajstić information content (AvgIpc) is 4.35. The molecule has 0 radical (unpaired) electrons. The van der Waals surface area contributed by atoms with E-state index in [0.717, 1.165) is 92.8 Å². The van der Waals surface area contributed by atoms with Crippen LogP contribution < -0.4 is 10.1 Å². The molecule has 15 nitrogen and oxygen atoms in total. The zero-order valence-electron chi connectivity index (χ0n) is 38.9. The predicted octanol–water partition coefficient (Wildman–Crippen LogP) is 7.94. The second kappa shape index (κ2) is 14.0. The number of imide groups is 2. The number of nitrogens with one attached hydrogen (secondary N) is 1. The smallest absolute Gasteiger partial charge is 0.262 e. The topological polar surface area (TPSA) is 193 Å². The molecule has 11 aromatic rings. The highest BCUT2D eigenvalue weighted by Gasteiger charge is 2.52. The lowest BCUT2D eigenvalue weighted by Crippen LogP contribution is -2.31. The third kappa shape index (κ3) is 4.84. The lowest BCUT2D eigenvalue weighted by atomic mass is 9.96. The molecule has 0 saturated heterocycles. The molecular formula is C58H42N6O9. The molecule has 8 atom stereocenters. The summed E-state index contributed by atoms with van der Waals surface area (Å²) in [6, 6.07) is 37.2. The molecule has 2 saturated carbocycles. The van der Waals surface area contributed by atoms with Crippen LogP contribution in [0.5, 0.6) is 5.75 Å². The number of amides is 4. The van der Waals surface area contributed by atoms with E-state index in [1.54, 1.807) is 7.11 Å². The van der Waals surface area contributed by atoms with Gasteiger partial charge in [-0.05, 0) is 54.8 Å². The number of methoxy groups -OCH3 is 1. The fraction of sp³-hybridized carbons (Fsp3) is 0.207. The molecular weight excluding hydrogens is 925 g/mol. The van der Waals surface area contributed by atoms with Gasteiger partial charge in [-0.3, -0.25) is 29.4 Å². The summed E-state index contributed by atoms with van der Waals surface area (Å²) in [6.45, 7) is 0.138. The first-order valence-electron chi connectivity index (χ1n) is 24.7. The summed E-state index contributed by atoms with van der Waals surface area (Å²) in [5.41, 5.74) is 9.36. The van der Waals surface area contributed by atoms with Gasteiger partial charge in [0.25, 0.3) is 23.6 Å². The zero-order chi connectivity index (χ0) is 49.2. The highest BCUT2D eigenvalue weighted by Crippen LogP contribution is 2.56. The van der Waals surface area contributed by atoms with Crippen molar-refractivity contribution in [3.05, 3.63) is 149 Å². The number of carbonyl (C=O) groups is 4. The van der Waals surface area contributed by atoms with Crippen molar-refractivity contribution in [3.63, 3.8) is 0 Å². The first-order chi connectivity index (χ1) is 35.6. The maximum absolute atomic E-state index is 14.3. The standard InChI is InChI=1S/C33H25N3O5.C25H17N3O4/c1-41-17-12-10-16(11-13-17)15-34-32(39)26-24-18-6-2-4-8-20(18)35-22-14-23(31(38)30(22)37)36-21-9-5-3-7-19(21)25(27(26)33(34)40)29(36)28(24)35;29-22-14-9-15(23(22)30)28-13-8-4-2-6-11(13)17-19-18(24(31)26-25(19)32)16-10-5-1-3-7-12(10)27(14)20(16)21(17)28/h2-13,22-23,30-31,37-38H,14-15H2,1H3;1-8,14-15,22-23,29-30H,9H2,(H,26,31,32)/t22?,23?,30-,31+;14?,15?,22-,23+. The summed E-state index contributed by atoms with van der Waals surface area (Å²) < 4.78 is 13.7. The fourth-order valence-corrected chi connectivity index (χ4v) is 14.4. The van der Waals surface area contributed by atoms with Crippen LogP contribution in [0.15, 0.2) is 121 Å². The fourth-order valence-electron chi connectivity index (χ4n) is 14.4. The Labute approximate surface area is 412 Å². The van der Waals surface area contributed by atoms with E-state index >= 15 is 0 Å². The molecule has 17 rings (SSSR count). The van der Waals surface area contributed by atoms with Crippen LogP contribution in [-0.2, 0) is 6.54 Å². The summed E-state index contributed by atoms with van der Waals surface area (Å²) in [5, 5.41) is 53.7. The number of fused-ring (bicyclic) bond motifs is 26. The Bertz CT molecular complexity index is 4170. The lowest BCUT2D eigenvalue weighted by Gasteiger charge is -2.24. The molecule has 8 heterocycles. The predicted molar refractivity (Wildman–Crippen MR) is 273 cm³/mol. The summed E-state index contributed by atoms with van der Waals surface area (Å²) in [7, 11) is 1.60. The lowest BCUT2D eigenvalue weighted by molar-refractivity contribution is 0.0101. The van der Waals surface area contributed by atoms with E-state index < -0.39 is 24.4 Å². The Hall–Kier alpha value is -8.34. The second-order valence-corrected chi connectivity index (χ2v) is 20.5. The van der Waals surface area contributed by atoms with Gasteiger partial charge in [0.15, 0.2) is 0 Å². The number of aromatic nitrogens is 4. The molecule has 358 valence electrons. The number of benzene rings is 7. The van der Waals surface area contributed by atoms with Crippen LogP contribution in [0.4, 0.5) is 0 Å². The zero-order valence-corrected chi connectivity index (χ0v) is 38.9. The van der Waals surface area contributed by atoms with Crippen LogP contribution in [0.2, 0.25) is 0 Å². The molecule has 4 unspecified atom stereocenters. The van der Waals surface area contributed by atoms with Gasteiger partial charge < -0.3 is 43.4 Å². The molecule has 2 aliphatic carbocycles. The summed E-state index contributed by atoms with van der Waals surface area (Å²) in [5.74, 6) is -0.716. The summed E-state index contributed by atoms with van der Waals surface area (Å²) in [4.78, 5) is 56.2. The monoisotopic (exact) mass is 966 g/mol. The maximum atomic E-state index is 14.3. The number of ether oxygens (including phenoxy) is 1. The maximum Gasteiger partial charge on any atom is 0.262 e. The molecule has 0 spiro atoms. The molecule has 4 aromatic heterocycles. The van der Waals surface area contributed by atoms with Gasteiger partial charge in [-0.15, -0.1) is 0 Å². The Kier molecular flexibility index (Phi) is 7.91. The van der Waals surface area contributed by atoms with Crippen molar-refractivity contribution in [1.29, 1.82) is 0 Å². The summed E-state index contributed by atoms with van der Waals surface area (Å²) >= 11 is 0. The van der Waals surface area contributed by atoms with Gasteiger partial charge in [-0.2, -0.15) is 0 Å². The van der Waals surface area contributed by atoms with Gasteiger partial charge in [0, 0.05) is 65.2 Å². The second-order valence-electron chi connectivity index (χ2n) is 20.5. The molecule has 4 bridgehead atoms. The van der Waals surface area contributed by atoms with E-state index in [2.05, 4.69) is 23.6 Å². The Morgan fingerprint density at radius 2 is 0.767 bits per heavy atom. The van der Waals surface area contributed by atoms with E-state index in [1.807, 2.05) is 121 Å². The third-order valence-corrected chi connectivity index (χ3v) is 17.3. The molecule has 4 aliphatic heterocycles. The van der Waals surface area contributed by atoms with Gasteiger partial charge in [-0.1, -0.05) is 84.9 Å². The van der Waals surface area contributed by atoms with Gasteiger partial charge in [0.1, 0.15) is 30.2 Å². The Balaban J connectivity index is 0.000000129. The first kappa shape index (κ1) is 41.3. The number of aliphatic hydroxyl groups is 4. The van der Waals surface area contributed by atoms with Crippen LogP contribution in [-0.4, -0.2) is 98.7 Å². The Morgan fingerprint density at radius 1 is 0.452 bits per heavy atom. The SMILES string of the molecule is COc1ccc(CN2C(=O)c3c(c4c5ccccc5n5c4c4c3c3ccccc3n4C3CC5[C@H](O)[C@@H]3O)C2=O)cc1.O=C1NC(=O)c2c1c1c3ccccc3n3c1c1c2c2ccccc2n1C1CC3[C@@H](O)[C@H]1O. The van der Waals surface area contributed by atoms with Gasteiger partial charge in [0.05, 0.1) is 82.1 Å². The van der Waals surface area contributed by atoms with Gasteiger partial charge >= 0.3 is 0 Å². The number of para-hydroxylation sites is 4. The van der Waals surface area contributed by atoms with Crippen molar-refractivity contribution in [2.24, 2.45) is 0 Å². The quantitative estimate of drug-likeness (QED) is 0.109. The van der Waals surface area contributed by atoms with Gasteiger partial charge in [-0.25, -0.2) is 0 Å². The van der Waals surface area contributed by atoms with Gasteiger partial charge in [0.2, 0.25) is 0 Å². The molecule has 2 fully saturated rings. The largest absolute Gasteiger partial charge is 0.497 e. The van der Waals surface area contributed by atoms with Crippen LogP contribution >= 0.6 is 0 Å². The van der Waals surface area contributed by atoms with E-state index in [9.17, 15) is 39.6 Å². The van der Waals surface area contributed by atoms with Crippen molar-refractivity contribution in [3.8, 4) is 5.75 Å². The number of rotatable bonds is 3. The van der Waals surface area contributed by atoms with E-state index in [0.29, 0.717) is 40.8 Å². The van der Waals surface area contributed by atoms with Crippen molar-refractivity contribution in [1.82, 2.24) is 28.5 Å². The van der Waals surface area contributed by atoms with E-state index in [-0.39, 0.29) is 54.3 Å². The van der Waals surface area contributed by atoms with Crippen LogP contribution in [0.25, 0.3) is 87.2 Å². The molecule has 15 heteroatoms. The van der Waals surface area contributed by atoms with Crippen LogP contribution in [0.1, 0.15) is 84.0 Å². The average molecular weight is 967 g/mol. The molecule has 7 aromatic carbocycles. The van der Waals surface area contributed by atoms with Crippen molar-refractivity contribution in [2.45, 2.75) is 68.0 Å². The van der Waals surface area contributed by atoms with E-state index in [1.165, 1.54) is 4.90 Å². The molecule has 5 N–H and O–H groups in total. The normalized spacial score (nSPS) is 24.4. The number of aliphatic hydroxyl groups excluding tert-OH is 4. The number of hydrogen-bond acceptors (Lipinski definition) is 9. The molecule has 4 amide bonds. The van der Waals surface area contributed by atoms with Crippen molar-refractivity contribution in [2.75, 3.05) is 7.11 Å². The summed E-state index contributed by atoms with van der Waals surface area (Å²) in [6.07, 6.45) is -2.72. The number of nitrogens with zero attached hydrogens (tertiary/aromatic N) is 5. The minimum absolute atomic E-state index is 0.138. The molecule has 73 heavy (non-hydrogen) atoms. The highest BCUT2D eigenvalue weighted by atomic mass is 16.5. The Morgan fingerprint density at radius 3 is 1.10 bits per heavy atom. The third-order valence-electron chi connectivity index (χ3n) is 17.3. The van der Waals surface area contributed by atoms with E-state index in [4.69, 9.17) is 4.74 Å². The van der Waals surface area contributed by atoms with Crippen LogP contribution in [0, 0.1) is 0 Å². The first-order valence-corrected chi connectivity index (χ1v) is 24.7. The highest BCUT2D eigenvalue weighted by molar-refractivity contribution is 6.41.